The van der Waals surface area contributed by atoms with E-state index in [1.54, 1.807) is 37.3 Å². The van der Waals surface area contributed by atoms with Crippen LogP contribution < -0.4 is 14.9 Å². The van der Waals surface area contributed by atoms with E-state index in [-0.39, 0.29) is 5.91 Å². The lowest BCUT2D eigenvalue weighted by atomic mass is 10.2. The van der Waals surface area contributed by atoms with Crippen molar-refractivity contribution in [3.63, 3.8) is 0 Å². The molecule has 0 saturated carbocycles. The minimum absolute atomic E-state index is 0.291. The van der Waals surface area contributed by atoms with Crippen LogP contribution in [0.15, 0.2) is 46.0 Å². The van der Waals surface area contributed by atoms with Crippen LogP contribution in [-0.4, -0.2) is 36.4 Å². The number of aliphatic carboxylic acids is 1. The lowest BCUT2D eigenvalue weighted by Crippen LogP contribution is -2.17. The number of carboxylic acid groups (broad SMARTS) is 1. The van der Waals surface area contributed by atoms with Gasteiger partial charge in [-0.15, -0.1) is 0 Å². The Labute approximate surface area is 178 Å². The van der Waals surface area contributed by atoms with Crippen molar-refractivity contribution >= 4 is 56.6 Å². The molecule has 27 heavy (non-hydrogen) atoms. The molecular formula is C18H16BrIN2O5. The Morgan fingerprint density at radius 2 is 2.07 bits per heavy atom. The average molecular weight is 547 g/mol. The number of hydrogen-bond donors (Lipinski definition) is 2. The molecule has 2 aromatic rings. The van der Waals surface area contributed by atoms with E-state index in [1.165, 1.54) is 6.21 Å². The zero-order valence-corrected chi connectivity index (χ0v) is 18.0. The molecule has 0 fully saturated rings. The summed E-state index contributed by atoms with van der Waals surface area (Å²) < 4.78 is 12.2. The summed E-state index contributed by atoms with van der Waals surface area (Å²) >= 11 is 5.46. The van der Waals surface area contributed by atoms with Gasteiger partial charge in [0.2, 0.25) is 0 Å². The standard InChI is InChI=1S/C18H16BrIN2O5/c1-2-26-15-7-11(6-14(19)17(15)27-10-16(23)24)9-21-22-18(25)12-4-3-5-13(20)8-12/h3-9H,2,10H2,1H3,(H,22,25)(H,23,24)/b21-9-. The lowest BCUT2D eigenvalue weighted by Gasteiger charge is -2.13. The molecule has 0 aliphatic rings. The van der Waals surface area contributed by atoms with Gasteiger partial charge in [0.1, 0.15) is 0 Å². The fraction of sp³-hybridized carbons (Fsp3) is 0.167. The smallest absolute Gasteiger partial charge is 0.341 e. The number of carbonyl (C=O) groups excluding carboxylic acids is 1. The van der Waals surface area contributed by atoms with Crippen LogP contribution in [0.25, 0.3) is 0 Å². The fourth-order valence-corrected chi connectivity index (χ4v) is 3.18. The van der Waals surface area contributed by atoms with Crippen molar-refractivity contribution in [2.45, 2.75) is 6.92 Å². The molecule has 0 spiro atoms. The minimum atomic E-state index is -1.09. The van der Waals surface area contributed by atoms with Crippen LogP contribution in [0.4, 0.5) is 0 Å². The number of benzene rings is 2. The van der Waals surface area contributed by atoms with Gasteiger partial charge < -0.3 is 14.6 Å². The third-order valence-corrected chi connectivity index (χ3v) is 4.40. The Bertz CT molecular complexity index is 873. The summed E-state index contributed by atoms with van der Waals surface area (Å²) in [6, 6.07) is 10.5. The molecule has 0 radical (unpaired) electrons. The largest absolute Gasteiger partial charge is 0.490 e. The van der Waals surface area contributed by atoms with Gasteiger partial charge in [0, 0.05) is 9.13 Å². The van der Waals surface area contributed by atoms with E-state index in [4.69, 9.17) is 14.6 Å². The van der Waals surface area contributed by atoms with E-state index in [0.29, 0.717) is 33.7 Å². The molecule has 0 aliphatic carbocycles. The van der Waals surface area contributed by atoms with E-state index in [9.17, 15) is 9.59 Å². The molecule has 0 unspecified atom stereocenters. The number of halogens is 2. The van der Waals surface area contributed by atoms with Crippen LogP contribution >= 0.6 is 38.5 Å². The Kier molecular flexibility index (Phi) is 8.04. The molecule has 0 saturated heterocycles. The highest BCUT2D eigenvalue weighted by molar-refractivity contribution is 14.1. The number of amides is 1. The normalized spacial score (nSPS) is 10.6. The number of carboxylic acids is 1. The molecule has 2 rings (SSSR count). The molecule has 2 N–H and O–H groups in total. The van der Waals surface area contributed by atoms with Gasteiger partial charge in [0.25, 0.3) is 5.91 Å². The summed E-state index contributed by atoms with van der Waals surface area (Å²) in [5, 5.41) is 12.7. The first kappa shape index (κ1) is 21.2. The predicted molar refractivity (Wildman–Crippen MR) is 113 cm³/mol. The summed E-state index contributed by atoms with van der Waals surface area (Å²) in [6.45, 7) is 1.69. The topological polar surface area (TPSA) is 97.2 Å². The summed E-state index contributed by atoms with van der Waals surface area (Å²) in [7, 11) is 0. The van der Waals surface area contributed by atoms with Crippen LogP contribution in [0.2, 0.25) is 0 Å². The zero-order chi connectivity index (χ0) is 19.8. The van der Waals surface area contributed by atoms with E-state index in [1.807, 2.05) is 6.07 Å². The summed E-state index contributed by atoms with van der Waals surface area (Å²) in [5.41, 5.74) is 3.60. The molecule has 9 heteroatoms. The van der Waals surface area contributed by atoms with Crippen molar-refractivity contribution in [1.82, 2.24) is 5.43 Å². The van der Waals surface area contributed by atoms with Crippen molar-refractivity contribution in [2.24, 2.45) is 5.10 Å². The first-order chi connectivity index (χ1) is 12.9. The van der Waals surface area contributed by atoms with E-state index < -0.39 is 12.6 Å². The van der Waals surface area contributed by atoms with Gasteiger partial charge in [0.05, 0.1) is 17.3 Å². The maximum absolute atomic E-state index is 12.1. The van der Waals surface area contributed by atoms with Crippen LogP contribution in [0.1, 0.15) is 22.8 Å². The van der Waals surface area contributed by atoms with Gasteiger partial charge in [-0.3, -0.25) is 4.79 Å². The quantitative estimate of drug-likeness (QED) is 0.299. The third-order valence-electron chi connectivity index (χ3n) is 3.14. The van der Waals surface area contributed by atoms with Gasteiger partial charge in [-0.2, -0.15) is 5.10 Å². The van der Waals surface area contributed by atoms with Crippen molar-refractivity contribution in [3.8, 4) is 11.5 Å². The van der Waals surface area contributed by atoms with E-state index in [2.05, 4.69) is 49.0 Å². The Balaban J connectivity index is 2.14. The maximum Gasteiger partial charge on any atom is 0.341 e. The molecule has 0 heterocycles. The second-order valence-electron chi connectivity index (χ2n) is 5.15. The Morgan fingerprint density at radius 1 is 1.30 bits per heavy atom. The minimum Gasteiger partial charge on any atom is -0.490 e. The number of carbonyl (C=O) groups is 2. The third kappa shape index (κ3) is 6.51. The van der Waals surface area contributed by atoms with Crippen LogP contribution in [0.5, 0.6) is 11.5 Å². The van der Waals surface area contributed by atoms with Crippen molar-refractivity contribution < 1.29 is 24.2 Å². The summed E-state index contributed by atoms with van der Waals surface area (Å²) in [5.74, 6) is -0.749. The highest BCUT2D eigenvalue weighted by Crippen LogP contribution is 2.36. The monoisotopic (exact) mass is 546 g/mol. The number of hydrogen-bond acceptors (Lipinski definition) is 5. The number of nitrogens with zero attached hydrogens (tertiary/aromatic N) is 1. The highest BCUT2D eigenvalue weighted by atomic mass is 127. The summed E-state index contributed by atoms with van der Waals surface area (Å²) in [6.07, 6.45) is 1.46. The highest BCUT2D eigenvalue weighted by Gasteiger charge is 2.13. The molecule has 2 aromatic carbocycles. The second-order valence-corrected chi connectivity index (χ2v) is 7.25. The van der Waals surface area contributed by atoms with Crippen molar-refractivity contribution in [1.29, 1.82) is 0 Å². The molecule has 1 amide bonds. The van der Waals surface area contributed by atoms with Crippen molar-refractivity contribution in [3.05, 3.63) is 55.6 Å². The predicted octanol–water partition coefficient (Wildman–Crippen LogP) is 3.68. The van der Waals surface area contributed by atoms with Gasteiger partial charge in [-0.05, 0) is 81.3 Å². The summed E-state index contributed by atoms with van der Waals surface area (Å²) in [4.78, 5) is 22.8. The molecule has 7 nitrogen and oxygen atoms in total. The van der Waals surface area contributed by atoms with Crippen LogP contribution in [0.3, 0.4) is 0 Å². The Hall–Kier alpha value is -2.14. The average Bonchev–Trinajstić information content (AvgIpc) is 2.61. The molecule has 0 atom stereocenters. The first-order valence-electron chi connectivity index (χ1n) is 7.80. The molecule has 0 aromatic heterocycles. The Morgan fingerprint density at radius 3 is 2.74 bits per heavy atom. The number of rotatable bonds is 8. The van der Waals surface area contributed by atoms with Gasteiger partial charge in [0.15, 0.2) is 18.1 Å². The SMILES string of the molecule is CCOc1cc(/C=N\NC(=O)c2cccc(I)c2)cc(Br)c1OCC(=O)O. The van der Waals surface area contributed by atoms with Crippen LogP contribution in [-0.2, 0) is 4.79 Å². The fourth-order valence-electron chi connectivity index (χ4n) is 2.06. The molecule has 0 bridgehead atoms. The lowest BCUT2D eigenvalue weighted by molar-refractivity contribution is -0.139. The van der Waals surface area contributed by atoms with Crippen LogP contribution in [0, 0.1) is 3.57 Å². The van der Waals surface area contributed by atoms with Gasteiger partial charge in [-0.1, -0.05) is 6.07 Å². The molecular weight excluding hydrogens is 531 g/mol. The van der Waals surface area contributed by atoms with Crippen molar-refractivity contribution in [2.75, 3.05) is 13.2 Å². The van der Waals surface area contributed by atoms with E-state index >= 15 is 0 Å². The number of nitrogens with one attached hydrogen (secondary N) is 1. The zero-order valence-electron chi connectivity index (χ0n) is 14.2. The van der Waals surface area contributed by atoms with E-state index in [0.717, 1.165) is 3.57 Å². The second kappa shape index (κ2) is 10.3. The molecule has 142 valence electrons. The first-order valence-corrected chi connectivity index (χ1v) is 9.67. The maximum atomic E-state index is 12.1. The number of hydrazone groups is 1. The number of ether oxygens (including phenoxy) is 2. The van der Waals surface area contributed by atoms with Gasteiger partial charge in [-0.25, -0.2) is 10.2 Å². The van der Waals surface area contributed by atoms with Gasteiger partial charge >= 0.3 is 5.97 Å². The molecule has 0 aliphatic heterocycles.